The van der Waals surface area contributed by atoms with Crippen molar-refractivity contribution in [1.82, 2.24) is 0 Å². The van der Waals surface area contributed by atoms with E-state index in [1.54, 1.807) is 12.1 Å². The van der Waals surface area contributed by atoms with Crippen LogP contribution >= 0.6 is 11.6 Å². The third-order valence-electron chi connectivity index (χ3n) is 5.05. The smallest absolute Gasteiger partial charge is 0.363 e. The van der Waals surface area contributed by atoms with Crippen LogP contribution in [0.15, 0.2) is 76.2 Å². The second-order valence-electron chi connectivity index (χ2n) is 7.54. The van der Waals surface area contributed by atoms with Gasteiger partial charge < -0.3 is 13.7 Å². The summed E-state index contributed by atoms with van der Waals surface area (Å²) in [6.07, 6.45) is 1.47. The number of halogens is 1. The number of hydrogen-bond acceptors (Lipinski definition) is 7. The van der Waals surface area contributed by atoms with E-state index in [1.165, 1.54) is 37.5 Å². The number of rotatable bonds is 6. The molecule has 0 aliphatic carbocycles. The Morgan fingerprint density at radius 3 is 2.41 bits per heavy atom. The number of aliphatic imine (C=N–C) groups is 1. The van der Waals surface area contributed by atoms with Crippen molar-refractivity contribution in [3.05, 3.63) is 93.6 Å². The third kappa shape index (κ3) is 4.83. The fraction of sp³-hybridized carbons (Fsp3) is 0.120. The number of methoxy groups -OCH3 is 1. The molecule has 4 rings (SSSR count). The highest BCUT2D eigenvalue weighted by atomic mass is 35.5. The van der Waals surface area contributed by atoms with Crippen LogP contribution in [0.1, 0.15) is 22.3 Å². The number of carbonyl (C=O) groups excluding carboxylic acids is 1. The van der Waals surface area contributed by atoms with Crippen LogP contribution < -0.4 is 8.92 Å². The van der Waals surface area contributed by atoms with Gasteiger partial charge in [-0.2, -0.15) is 8.42 Å². The average molecular weight is 498 g/mol. The van der Waals surface area contributed by atoms with E-state index < -0.39 is 16.1 Å². The van der Waals surface area contributed by atoms with Gasteiger partial charge in [-0.3, -0.25) is 0 Å². The molecule has 1 heterocycles. The zero-order valence-electron chi connectivity index (χ0n) is 18.5. The van der Waals surface area contributed by atoms with Crippen LogP contribution in [0, 0.1) is 13.8 Å². The van der Waals surface area contributed by atoms with Crippen molar-refractivity contribution in [3.63, 3.8) is 0 Å². The van der Waals surface area contributed by atoms with E-state index in [2.05, 4.69) is 4.99 Å². The number of carbonyl (C=O) groups is 1. The van der Waals surface area contributed by atoms with Gasteiger partial charge >= 0.3 is 16.1 Å². The lowest BCUT2D eigenvalue weighted by molar-refractivity contribution is -0.129. The molecule has 0 saturated carbocycles. The zero-order valence-corrected chi connectivity index (χ0v) is 20.1. The van der Waals surface area contributed by atoms with E-state index in [0.29, 0.717) is 11.1 Å². The van der Waals surface area contributed by atoms with Crippen molar-refractivity contribution in [3.8, 4) is 11.5 Å². The minimum absolute atomic E-state index is 0.0173. The van der Waals surface area contributed by atoms with Gasteiger partial charge in [0.1, 0.15) is 4.90 Å². The molecule has 0 fully saturated rings. The lowest BCUT2D eigenvalue weighted by atomic mass is 10.1. The highest BCUT2D eigenvalue weighted by Gasteiger charge is 2.26. The van der Waals surface area contributed by atoms with Crippen LogP contribution in [0.3, 0.4) is 0 Å². The topological polar surface area (TPSA) is 91.3 Å². The zero-order chi connectivity index (χ0) is 24.5. The first-order valence-electron chi connectivity index (χ1n) is 10.1. The van der Waals surface area contributed by atoms with Crippen molar-refractivity contribution < 1.29 is 26.9 Å². The first-order valence-corrected chi connectivity index (χ1v) is 11.9. The molecule has 0 spiro atoms. The SMILES string of the molecule is COc1cc(/C=C2\N=C(c3ccccc3C)OC2=O)cc(Cl)c1OS(=O)(=O)c1ccc(C)cc1. The molecule has 0 N–H and O–H groups in total. The fourth-order valence-electron chi connectivity index (χ4n) is 3.26. The molecule has 174 valence electrons. The van der Waals surface area contributed by atoms with Gasteiger partial charge in [0.05, 0.1) is 12.1 Å². The summed E-state index contributed by atoms with van der Waals surface area (Å²) in [7, 11) is -2.79. The van der Waals surface area contributed by atoms with Crippen molar-refractivity contribution in [2.24, 2.45) is 4.99 Å². The minimum atomic E-state index is -4.15. The summed E-state index contributed by atoms with van der Waals surface area (Å²) in [5.74, 6) is -0.498. The van der Waals surface area contributed by atoms with Gasteiger partial charge in [-0.1, -0.05) is 47.5 Å². The number of benzene rings is 3. The molecule has 34 heavy (non-hydrogen) atoms. The molecule has 1 aliphatic heterocycles. The third-order valence-corrected chi connectivity index (χ3v) is 6.57. The normalized spacial score (nSPS) is 14.6. The Kier molecular flexibility index (Phi) is 6.45. The Labute approximate surface area is 202 Å². The van der Waals surface area contributed by atoms with E-state index in [4.69, 9.17) is 25.3 Å². The molecule has 1 aliphatic rings. The molecular formula is C25H20ClNO6S. The average Bonchev–Trinajstić information content (AvgIpc) is 3.15. The molecule has 0 amide bonds. The fourth-order valence-corrected chi connectivity index (χ4v) is 4.52. The lowest BCUT2D eigenvalue weighted by Gasteiger charge is -2.13. The maximum atomic E-state index is 12.7. The quantitative estimate of drug-likeness (QED) is 0.268. The van der Waals surface area contributed by atoms with Gasteiger partial charge in [0.15, 0.2) is 11.4 Å². The largest absolute Gasteiger partial charge is 0.493 e. The maximum absolute atomic E-state index is 12.7. The molecule has 0 unspecified atom stereocenters. The summed E-state index contributed by atoms with van der Waals surface area (Å²) in [5.41, 5.74) is 3.04. The molecule has 0 bridgehead atoms. The molecular weight excluding hydrogens is 478 g/mol. The van der Waals surface area contributed by atoms with Gasteiger partial charge in [0.25, 0.3) is 0 Å². The van der Waals surface area contributed by atoms with E-state index in [-0.39, 0.29) is 33.0 Å². The highest BCUT2D eigenvalue weighted by molar-refractivity contribution is 7.87. The van der Waals surface area contributed by atoms with E-state index in [9.17, 15) is 13.2 Å². The summed E-state index contributed by atoms with van der Waals surface area (Å²) in [6.45, 7) is 3.74. The second kappa shape index (κ2) is 9.32. The number of ether oxygens (including phenoxy) is 2. The van der Waals surface area contributed by atoms with Crippen LogP contribution in [0.2, 0.25) is 5.02 Å². The summed E-state index contributed by atoms with van der Waals surface area (Å²) in [4.78, 5) is 16.7. The van der Waals surface area contributed by atoms with Crippen LogP contribution in [0.25, 0.3) is 6.08 Å². The Morgan fingerprint density at radius 1 is 1.03 bits per heavy atom. The molecule has 3 aromatic rings. The molecule has 0 saturated heterocycles. The maximum Gasteiger partial charge on any atom is 0.363 e. The van der Waals surface area contributed by atoms with E-state index in [0.717, 1.165) is 11.1 Å². The number of esters is 1. The molecule has 0 atom stereocenters. The van der Waals surface area contributed by atoms with E-state index >= 15 is 0 Å². The second-order valence-corrected chi connectivity index (χ2v) is 9.49. The van der Waals surface area contributed by atoms with Gasteiger partial charge in [0.2, 0.25) is 11.6 Å². The molecule has 0 radical (unpaired) electrons. The summed E-state index contributed by atoms with van der Waals surface area (Å²) in [6, 6.07) is 16.6. The van der Waals surface area contributed by atoms with Gasteiger partial charge in [-0.15, -0.1) is 0 Å². The lowest BCUT2D eigenvalue weighted by Crippen LogP contribution is -2.11. The Bertz CT molecular complexity index is 1440. The molecule has 0 aromatic heterocycles. The minimum Gasteiger partial charge on any atom is -0.493 e. The Morgan fingerprint density at radius 2 is 1.74 bits per heavy atom. The van der Waals surface area contributed by atoms with Crippen LogP contribution in [0.5, 0.6) is 11.5 Å². The molecule has 7 nitrogen and oxygen atoms in total. The molecule has 3 aromatic carbocycles. The summed E-state index contributed by atoms with van der Waals surface area (Å²) in [5, 5.41) is -0.0173. The van der Waals surface area contributed by atoms with Crippen molar-refractivity contribution in [2.45, 2.75) is 18.7 Å². The monoisotopic (exact) mass is 497 g/mol. The number of cyclic esters (lactones) is 1. The van der Waals surface area contributed by atoms with E-state index in [1.807, 2.05) is 38.1 Å². The van der Waals surface area contributed by atoms with Crippen LogP contribution in [0.4, 0.5) is 0 Å². The summed E-state index contributed by atoms with van der Waals surface area (Å²) < 4.78 is 41.3. The number of aryl methyl sites for hydroxylation is 2. The predicted octanol–water partition coefficient (Wildman–Crippen LogP) is 5.08. The first-order chi connectivity index (χ1) is 16.2. The van der Waals surface area contributed by atoms with Gasteiger partial charge in [-0.25, -0.2) is 9.79 Å². The number of nitrogens with zero attached hydrogens (tertiary/aromatic N) is 1. The van der Waals surface area contributed by atoms with Crippen molar-refractivity contribution in [2.75, 3.05) is 7.11 Å². The van der Waals surface area contributed by atoms with Crippen molar-refractivity contribution >= 4 is 39.7 Å². The highest BCUT2D eigenvalue weighted by Crippen LogP contribution is 2.39. The predicted molar refractivity (Wildman–Crippen MR) is 129 cm³/mol. The van der Waals surface area contributed by atoms with Gasteiger partial charge in [0, 0.05) is 5.56 Å². The number of hydrogen-bond donors (Lipinski definition) is 0. The summed E-state index contributed by atoms with van der Waals surface area (Å²) >= 11 is 6.35. The Hall–Kier alpha value is -3.62. The standard InChI is InChI=1S/C25H20ClNO6S/c1-15-8-10-18(11-9-15)34(29,30)33-23-20(26)12-17(14-22(23)31-3)13-21-25(28)32-24(27-21)19-7-5-4-6-16(19)2/h4-14H,1-3H3/b21-13-. The first kappa shape index (κ1) is 23.5. The Balaban J connectivity index is 1.67. The van der Waals surface area contributed by atoms with Crippen molar-refractivity contribution in [1.29, 1.82) is 0 Å². The van der Waals surface area contributed by atoms with Gasteiger partial charge in [-0.05, 0) is 61.4 Å². The molecule has 9 heteroatoms. The van der Waals surface area contributed by atoms with Crippen LogP contribution in [-0.2, 0) is 19.6 Å². The van der Waals surface area contributed by atoms with Crippen LogP contribution in [-0.4, -0.2) is 27.4 Å².